The summed E-state index contributed by atoms with van der Waals surface area (Å²) in [5, 5.41) is 0. The van der Waals surface area contributed by atoms with E-state index in [0.29, 0.717) is 12.1 Å². The van der Waals surface area contributed by atoms with E-state index in [9.17, 15) is 0 Å². The van der Waals surface area contributed by atoms with Crippen molar-refractivity contribution in [1.82, 2.24) is 19.6 Å². The third kappa shape index (κ3) is 9.70. The van der Waals surface area contributed by atoms with E-state index in [2.05, 4.69) is 75.5 Å². The van der Waals surface area contributed by atoms with Gasteiger partial charge in [0, 0.05) is 51.4 Å². The molecule has 0 aliphatic carbocycles. The first-order valence-electron chi connectivity index (χ1n) is 8.01. The largest absolute Gasteiger partial charge is 0.308 e. The summed E-state index contributed by atoms with van der Waals surface area (Å²) in [4.78, 5) is 9.72. The van der Waals surface area contributed by atoms with Crippen molar-refractivity contribution >= 4 is 0 Å². The van der Waals surface area contributed by atoms with Gasteiger partial charge in [-0.15, -0.1) is 0 Å². The van der Waals surface area contributed by atoms with Crippen LogP contribution in [0.2, 0.25) is 0 Å². The third-order valence-corrected chi connectivity index (χ3v) is 4.16. The molecule has 4 nitrogen and oxygen atoms in total. The standard InChI is InChI=1S/C16H38N4/c1-15(2)18(7)10-13-20(12-9-17(5)6)14-11-19(8)16(3)4/h15-16H,9-14H2,1-8H3. The van der Waals surface area contributed by atoms with E-state index in [-0.39, 0.29) is 0 Å². The molecule has 0 aromatic heterocycles. The highest BCUT2D eigenvalue weighted by molar-refractivity contribution is 4.67. The molecule has 0 aromatic carbocycles. The molecule has 0 radical (unpaired) electrons. The summed E-state index contributed by atoms with van der Waals surface area (Å²) in [6, 6.07) is 1.26. The molecule has 0 spiro atoms. The van der Waals surface area contributed by atoms with Crippen molar-refractivity contribution in [3.63, 3.8) is 0 Å². The first-order chi connectivity index (χ1) is 9.23. The minimum absolute atomic E-state index is 0.629. The molecule has 0 rings (SSSR count). The number of rotatable bonds is 11. The van der Waals surface area contributed by atoms with E-state index >= 15 is 0 Å². The molecule has 0 bridgehead atoms. The molecular formula is C16H38N4. The van der Waals surface area contributed by atoms with Gasteiger partial charge in [-0.05, 0) is 55.9 Å². The smallest absolute Gasteiger partial charge is 0.0110 e. The second kappa shape index (κ2) is 10.6. The van der Waals surface area contributed by atoms with Crippen LogP contribution in [0.4, 0.5) is 0 Å². The van der Waals surface area contributed by atoms with E-state index < -0.39 is 0 Å². The van der Waals surface area contributed by atoms with Crippen LogP contribution in [0.25, 0.3) is 0 Å². The average Bonchev–Trinajstić information content (AvgIpc) is 2.36. The molecule has 0 fully saturated rings. The van der Waals surface area contributed by atoms with Gasteiger partial charge in [-0.3, -0.25) is 4.90 Å². The molecule has 4 heteroatoms. The molecule has 0 saturated carbocycles. The van der Waals surface area contributed by atoms with Gasteiger partial charge in [-0.25, -0.2) is 0 Å². The lowest BCUT2D eigenvalue weighted by Gasteiger charge is -2.30. The minimum atomic E-state index is 0.629. The maximum Gasteiger partial charge on any atom is 0.0110 e. The Morgan fingerprint density at radius 3 is 1.20 bits per heavy atom. The zero-order chi connectivity index (χ0) is 15.7. The second-order valence-electron chi connectivity index (χ2n) is 6.79. The summed E-state index contributed by atoms with van der Waals surface area (Å²) < 4.78 is 0. The minimum Gasteiger partial charge on any atom is -0.308 e. The Hall–Kier alpha value is -0.160. The normalized spacial score (nSPS) is 12.9. The second-order valence-corrected chi connectivity index (χ2v) is 6.79. The van der Waals surface area contributed by atoms with Crippen LogP contribution in [0.15, 0.2) is 0 Å². The highest BCUT2D eigenvalue weighted by Crippen LogP contribution is 1.98. The van der Waals surface area contributed by atoms with Crippen LogP contribution in [-0.4, -0.2) is 99.1 Å². The maximum atomic E-state index is 2.60. The van der Waals surface area contributed by atoms with Crippen LogP contribution >= 0.6 is 0 Å². The maximum absolute atomic E-state index is 2.60. The summed E-state index contributed by atoms with van der Waals surface area (Å²) >= 11 is 0. The van der Waals surface area contributed by atoms with Crippen LogP contribution in [-0.2, 0) is 0 Å². The van der Waals surface area contributed by atoms with Gasteiger partial charge in [-0.1, -0.05) is 0 Å². The Morgan fingerprint density at radius 2 is 0.900 bits per heavy atom. The zero-order valence-corrected chi connectivity index (χ0v) is 15.2. The van der Waals surface area contributed by atoms with Gasteiger partial charge in [0.05, 0.1) is 0 Å². The van der Waals surface area contributed by atoms with Crippen molar-refractivity contribution in [2.45, 2.75) is 39.8 Å². The molecule has 0 heterocycles. The lowest BCUT2D eigenvalue weighted by atomic mass is 10.3. The predicted octanol–water partition coefficient (Wildman–Crippen LogP) is 1.53. The number of nitrogens with zero attached hydrogens (tertiary/aromatic N) is 4. The van der Waals surface area contributed by atoms with Gasteiger partial charge in [0.25, 0.3) is 0 Å². The molecule has 0 atom stereocenters. The summed E-state index contributed by atoms with van der Waals surface area (Å²) in [5.74, 6) is 0. The number of hydrogen-bond donors (Lipinski definition) is 0. The molecule has 122 valence electrons. The van der Waals surface area contributed by atoms with E-state index in [0.717, 1.165) is 39.3 Å². The van der Waals surface area contributed by atoms with Gasteiger partial charge in [0.1, 0.15) is 0 Å². The van der Waals surface area contributed by atoms with Gasteiger partial charge in [-0.2, -0.15) is 0 Å². The van der Waals surface area contributed by atoms with Crippen molar-refractivity contribution in [1.29, 1.82) is 0 Å². The fourth-order valence-electron chi connectivity index (χ4n) is 1.79. The van der Waals surface area contributed by atoms with Crippen LogP contribution in [0, 0.1) is 0 Å². The van der Waals surface area contributed by atoms with E-state index in [1.807, 2.05) is 0 Å². The van der Waals surface area contributed by atoms with Crippen LogP contribution < -0.4 is 0 Å². The predicted molar refractivity (Wildman–Crippen MR) is 90.5 cm³/mol. The van der Waals surface area contributed by atoms with Crippen molar-refractivity contribution in [3.8, 4) is 0 Å². The molecule has 0 aliphatic heterocycles. The van der Waals surface area contributed by atoms with Crippen LogP contribution in [0.1, 0.15) is 27.7 Å². The lowest BCUT2D eigenvalue weighted by Crippen LogP contribution is -2.43. The Bertz CT molecular complexity index is 211. The van der Waals surface area contributed by atoms with Crippen molar-refractivity contribution < 1.29 is 0 Å². The topological polar surface area (TPSA) is 13.0 Å². The number of likely N-dealkylation sites (N-methyl/N-ethyl adjacent to an activating group) is 3. The SMILES string of the molecule is CC(C)N(C)CCN(CCN(C)C)CCN(C)C(C)C. The summed E-state index contributed by atoms with van der Waals surface area (Å²) in [6.45, 7) is 16.0. The molecule has 20 heavy (non-hydrogen) atoms. The van der Waals surface area contributed by atoms with Gasteiger partial charge in [0.15, 0.2) is 0 Å². The molecule has 0 aromatic rings. The molecular weight excluding hydrogens is 248 g/mol. The first kappa shape index (κ1) is 19.8. The van der Waals surface area contributed by atoms with Crippen LogP contribution in [0.3, 0.4) is 0 Å². The Labute approximate surface area is 127 Å². The first-order valence-corrected chi connectivity index (χ1v) is 8.01. The van der Waals surface area contributed by atoms with E-state index in [4.69, 9.17) is 0 Å². The fourth-order valence-corrected chi connectivity index (χ4v) is 1.79. The molecule has 0 saturated heterocycles. The highest BCUT2D eigenvalue weighted by Gasteiger charge is 2.11. The molecule has 0 N–H and O–H groups in total. The van der Waals surface area contributed by atoms with Crippen molar-refractivity contribution in [3.05, 3.63) is 0 Å². The average molecular weight is 287 g/mol. The summed E-state index contributed by atoms with van der Waals surface area (Å²) in [6.07, 6.45) is 0. The highest BCUT2D eigenvalue weighted by atomic mass is 15.2. The van der Waals surface area contributed by atoms with Gasteiger partial charge >= 0.3 is 0 Å². The summed E-state index contributed by atoms with van der Waals surface area (Å²) in [5.41, 5.74) is 0. The Morgan fingerprint density at radius 1 is 0.550 bits per heavy atom. The Kier molecular flexibility index (Phi) is 10.5. The molecule has 0 aliphatic rings. The van der Waals surface area contributed by atoms with Crippen LogP contribution in [0.5, 0.6) is 0 Å². The van der Waals surface area contributed by atoms with Gasteiger partial charge in [0.2, 0.25) is 0 Å². The van der Waals surface area contributed by atoms with Gasteiger partial charge < -0.3 is 14.7 Å². The fraction of sp³-hybridized carbons (Fsp3) is 1.00. The zero-order valence-electron chi connectivity index (χ0n) is 15.2. The van der Waals surface area contributed by atoms with E-state index in [1.165, 1.54) is 0 Å². The third-order valence-electron chi connectivity index (χ3n) is 4.16. The lowest BCUT2D eigenvalue weighted by molar-refractivity contribution is 0.165. The number of hydrogen-bond acceptors (Lipinski definition) is 4. The monoisotopic (exact) mass is 286 g/mol. The van der Waals surface area contributed by atoms with Crippen molar-refractivity contribution in [2.75, 3.05) is 67.5 Å². The quantitative estimate of drug-likeness (QED) is 0.571. The molecule has 0 amide bonds. The summed E-state index contributed by atoms with van der Waals surface area (Å²) in [7, 11) is 8.74. The van der Waals surface area contributed by atoms with E-state index in [1.54, 1.807) is 0 Å². The molecule has 0 unspecified atom stereocenters. The van der Waals surface area contributed by atoms with Crippen molar-refractivity contribution in [2.24, 2.45) is 0 Å². The Balaban J connectivity index is 4.19.